The number of hydrogen-bond acceptors (Lipinski definition) is 4. The molecule has 0 unspecified atom stereocenters. The number of primary sulfonamides is 1. The highest BCUT2D eigenvalue weighted by Crippen LogP contribution is 2.19. The van der Waals surface area contributed by atoms with E-state index in [2.05, 4.69) is 10.4 Å². The molecule has 3 rings (SSSR count). The molecule has 1 heterocycles. The second-order valence-electron chi connectivity index (χ2n) is 6.99. The number of benzene rings is 2. The van der Waals surface area contributed by atoms with Crippen molar-refractivity contribution in [2.75, 3.05) is 6.54 Å². The van der Waals surface area contributed by atoms with Crippen molar-refractivity contribution in [3.05, 3.63) is 81.6 Å². The number of hydrogen-bond donors (Lipinski definition) is 2. The minimum absolute atomic E-state index is 0.0625. The van der Waals surface area contributed by atoms with Gasteiger partial charge in [-0.25, -0.2) is 13.6 Å². The van der Waals surface area contributed by atoms with Crippen molar-refractivity contribution in [1.29, 1.82) is 0 Å². The Morgan fingerprint density at radius 1 is 1.13 bits per heavy atom. The van der Waals surface area contributed by atoms with E-state index in [1.54, 1.807) is 23.7 Å². The van der Waals surface area contributed by atoms with Crippen LogP contribution in [0, 0.1) is 13.8 Å². The summed E-state index contributed by atoms with van der Waals surface area (Å²) in [5.41, 5.74) is 3.79. The number of sulfonamides is 1. The van der Waals surface area contributed by atoms with Gasteiger partial charge in [0.1, 0.15) is 0 Å². The molecule has 3 N–H and O–H groups in total. The standard InChI is InChI=1S/C21H23ClN4O3S/c1-14-20(15(2)26(25-14)13-17-5-3-4-6-19(17)22)21(27)24-12-11-16-7-9-18(10-8-16)30(23,28)29/h3-10H,11-13H2,1-2H3,(H,24,27)(H2,23,28,29). The van der Waals surface area contributed by atoms with Gasteiger partial charge in [0.05, 0.1) is 22.7 Å². The van der Waals surface area contributed by atoms with Crippen LogP contribution in [0.3, 0.4) is 0 Å². The topological polar surface area (TPSA) is 107 Å². The molecule has 1 aromatic heterocycles. The Kier molecular flexibility index (Phi) is 6.60. The van der Waals surface area contributed by atoms with E-state index in [4.69, 9.17) is 16.7 Å². The number of rotatable bonds is 7. The van der Waals surface area contributed by atoms with E-state index in [0.29, 0.717) is 35.8 Å². The van der Waals surface area contributed by atoms with Crippen molar-refractivity contribution in [1.82, 2.24) is 15.1 Å². The normalized spacial score (nSPS) is 11.5. The number of aromatic nitrogens is 2. The number of aryl methyl sites for hydroxylation is 1. The number of amides is 1. The maximum atomic E-state index is 12.7. The van der Waals surface area contributed by atoms with Crippen molar-refractivity contribution in [3.8, 4) is 0 Å². The van der Waals surface area contributed by atoms with Crippen LogP contribution < -0.4 is 10.5 Å². The summed E-state index contributed by atoms with van der Waals surface area (Å²) in [6.07, 6.45) is 0.558. The van der Waals surface area contributed by atoms with Crippen LogP contribution in [-0.2, 0) is 23.0 Å². The van der Waals surface area contributed by atoms with Crippen molar-refractivity contribution in [2.45, 2.75) is 31.7 Å². The molecule has 0 aliphatic rings. The molecule has 0 bridgehead atoms. The number of nitrogens with one attached hydrogen (secondary N) is 1. The first-order valence-electron chi connectivity index (χ1n) is 9.34. The molecular weight excluding hydrogens is 424 g/mol. The zero-order valence-corrected chi connectivity index (χ0v) is 18.3. The van der Waals surface area contributed by atoms with Crippen LogP contribution in [-0.4, -0.2) is 30.7 Å². The lowest BCUT2D eigenvalue weighted by Crippen LogP contribution is -2.26. The van der Waals surface area contributed by atoms with Gasteiger partial charge in [-0.05, 0) is 49.6 Å². The highest BCUT2D eigenvalue weighted by molar-refractivity contribution is 7.89. The monoisotopic (exact) mass is 446 g/mol. The Hall–Kier alpha value is -2.68. The molecule has 0 fully saturated rings. The summed E-state index contributed by atoms with van der Waals surface area (Å²) in [4.78, 5) is 12.8. The molecular formula is C21H23ClN4O3S. The van der Waals surface area contributed by atoms with Gasteiger partial charge in [-0.2, -0.15) is 5.10 Å². The average Bonchev–Trinajstić information content (AvgIpc) is 2.96. The number of nitrogens with two attached hydrogens (primary N) is 1. The fourth-order valence-corrected chi connectivity index (χ4v) is 3.93. The Morgan fingerprint density at radius 2 is 1.80 bits per heavy atom. The van der Waals surface area contributed by atoms with Gasteiger partial charge >= 0.3 is 0 Å². The summed E-state index contributed by atoms with van der Waals surface area (Å²) in [5.74, 6) is -0.198. The Bertz CT molecular complexity index is 1170. The first kappa shape index (κ1) is 22.0. The average molecular weight is 447 g/mol. The third kappa shape index (κ3) is 5.08. The first-order chi connectivity index (χ1) is 14.2. The number of nitrogens with zero attached hydrogens (tertiary/aromatic N) is 2. The van der Waals surface area contributed by atoms with E-state index in [9.17, 15) is 13.2 Å². The fraction of sp³-hybridized carbons (Fsp3) is 0.238. The van der Waals surface area contributed by atoms with Gasteiger partial charge in [-0.1, -0.05) is 41.9 Å². The first-order valence-corrected chi connectivity index (χ1v) is 11.3. The van der Waals surface area contributed by atoms with Crippen LogP contribution in [0.4, 0.5) is 0 Å². The molecule has 0 radical (unpaired) electrons. The van der Waals surface area contributed by atoms with E-state index in [1.807, 2.05) is 31.2 Å². The molecule has 9 heteroatoms. The summed E-state index contributed by atoms with van der Waals surface area (Å²) in [6.45, 7) is 4.55. The predicted molar refractivity (Wildman–Crippen MR) is 116 cm³/mol. The Labute approximate surface area is 180 Å². The second kappa shape index (κ2) is 8.99. The third-order valence-corrected chi connectivity index (χ3v) is 6.14. The van der Waals surface area contributed by atoms with Crippen molar-refractivity contribution in [3.63, 3.8) is 0 Å². The summed E-state index contributed by atoms with van der Waals surface area (Å²) in [6, 6.07) is 13.8. The van der Waals surface area contributed by atoms with Crippen LogP contribution in [0.5, 0.6) is 0 Å². The van der Waals surface area contributed by atoms with Crippen LogP contribution in [0.25, 0.3) is 0 Å². The molecule has 0 aliphatic heterocycles. The quantitative estimate of drug-likeness (QED) is 0.581. The van der Waals surface area contributed by atoms with E-state index in [0.717, 1.165) is 16.8 Å². The molecule has 0 saturated heterocycles. The zero-order chi connectivity index (χ0) is 21.9. The summed E-state index contributed by atoms with van der Waals surface area (Å²) < 4.78 is 24.4. The van der Waals surface area contributed by atoms with Crippen molar-refractivity contribution in [2.24, 2.45) is 5.14 Å². The van der Waals surface area contributed by atoms with Gasteiger partial charge in [0.25, 0.3) is 5.91 Å². The molecule has 0 atom stereocenters. The maximum Gasteiger partial charge on any atom is 0.255 e. The van der Waals surface area contributed by atoms with Crippen LogP contribution in [0.1, 0.15) is 32.9 Å². The van der Waals surface area contributed by atoms with Crippen LogP contribution >= 0.6 is 11.6 Å². The smallest absolute Gasteiger partial charge is 0.255 e. The van der Waals surface area contributed by atoms with Crippen LogP contribution in [0.2, 0.25) is 5.02 Å². The van der Waals surface area contributed by atoms with Crippen molar-refractivity contribution >= 4 is 27.5 Å². The summed E-state index contributed by atoms with van der Waals surface area (Å²) in [7, 11) is -3.71. The maximum absolute atomic E-state index is 12.7. The lowest BCUT2D eigenvalue weighted by Gasteiger charge is -2.08. The molecule has 158 valence electrons. The number of carbonyl (C=O) groups is 1. The SMILES string of the molecule is Cc1nn(Cc2ccccc2Cl)c(C)c1C(=O)NCCc1ccc(S(N)(=O)=O)cc1. The predicted octanol–water partition coefficient (Wildman–Crippen LogP) is 2.82. The lowest BCUT2D eigenvalue weighted by molar-refractivity contribution is 0.0953. The van der Waals surface area contributed by atoms with E-state index in [-0.39, 0.29) is 10.8 Å². The molecule has 30 heavy (non-hydrogen) atoms. The van der Waals surface area contributed by atoms with Gasteiger partial charge in [-0.3, -0.25) is 9.48 Å². The van der Waals surface area contributed by atoms with Crippen LogP contribution in [0.15, 0.2) is 53.4 Å². The molecule has 7 nitrogen and oxygen atoms in total. The van der Waals surface area contributed by atoms with E-state index >= 15 is 0 Å². The third-order valence-electron chi connectivity index (χ3n) is 4.84. The van der Waals surface area contributed by atoms with Gasteiger partial charge < -0.3 is 5.32 Å². The minimum atomic E-state index is -3.71. The molecule has 1 amide bonds. The lowest BCUT2D eigenvalue weighted by atomic mass is 10.1. The van der Waals surface area contributed by atoms with Gasteiger partial charge in [0, 0.05) is 17.3 Å². The van der Waals surface area contributed by atoms with Crippen molar-refractivity contribution < 1.29 is 13.2 Å². The largest absolute Gasteiger partial charge is 0.352 e. The highest BCUT2D eigenvalue weighted by atomic mass is 35.5. The zero-order valence-electron chi connectivity index (χ0n) is 16.7. The minimum Gasteiger partial charge on any atom is -0.352 e. The molecule has 2 aromatic carbocycles. The molecule has 0 spiro atoms. The fourth-order valence-electron chi connectivity index (χ4n) is 3.22. The molecule has 0 aliphatic carbocycles. The van der Waals surface area contributed by atoms with Gasteiger partial charge in [0.15, 0.2) is 0 Å². The number of carbonyl (C=O) groups excluding carboxylic acids is 1. The van der Waals surface area contributed by atoms with E-state index in [1.165, 1.54) is 12.1 Å². The second-order valence-corrected chi connectivity index (χ2v) is 8.96. The van der Waals surface area contributed by atoms with E-state index < -0.39 is 10.0 Å². The molecule has 3 aromatic rings. The Morgan fingerprint density at radius 3 is 2.43 bits per heavy atom. The van der Waals surface area contributed by atoms with Gasteiger partial charge in [0.2, 0.25) is 10.0 Å². The molecule has 0 saturated carbocycles. The summed E-state index contributed by atoms with van der Waals surface area (Å²) in [5, 5.41) is 13.2. The Balaban J connectivity index is 1.64. The van der Waals surface area contributed by atoms with Gasteiger partial charge in [-0.15, -0.1) is 0 Å². The highest BCUT2D eigenvalue weighted by Gasteiger charge is 2.19. The number of halogens is 1. The summed E-state index contributed by atoms with van der Waals surface area (Å²) >= 11 is 6.24.